The van der Waals surface area contributed by atoms with Gasteiger partial charge in [0, 0.05) is 0 Å². The van der Waals surface area contributed by atoms with Crippen molar-refractivity contribution in [1.82, 2.24) is 4.90 Å². The van der Waals surface area contributed by atoms with Crippen LogP contribution < -0.4 is 0 Å². The molecule has 3 heteroatoms. The highest BCUT2D eigenvalue weighted by Crippen LogP contribution is 2.32. The van der Waals surface area contributed by atoms with Crippen molar-refractivity contribution in [1.29, 1.82) is 0 Å². The molecule has 2 rings (SSSR count). The summed E-state index contributed by atoms with van der Waals surface area (Å²) in [5.41, 5.74) is 1.05. The smallest absolute Gasteiger partial charge is 0.127 e. The molecular weight excluding hydrogens is 256 g/mol. The number of nitrogens with zero attached hydrogens (tertiary/aromatic N) is 1. The summed E-state index contributed by atoms with van der Waals surface area (Å²) in [6, 6.07) is 2.83. The second-order valence-corrected chi connectivity index (χ2v) is 6.17. The topological polar surface area (TPSA) is 3.24 Å². The third kappa shape index (κ3) is 3.38. The highest BCUT2D eigenvalue weighted by atomic mass is 19.1. The van der Waals surface area contributed by atoms with Crippen LogP contribution in [-0.4, -0.2) is 24.5 Å². The molecule has 1 saturated heterocycles. The predicted molar refractivity (Wildman–Crippen MR) is 79.2 cm³/mol. The molecule has 1 aliphatic rings. The van der Waals surface area contributed by atoms with Crippen LogP contribution in [0.15, 0.2) is 12.1 Å². The molecule has 0 unspecified atom stereocenters. The average Bonchev–Trinajstić information content (AvgIpc) is 2.42. The van der Waals surface area contributed by atoms with Crippen LogP contribution in [0.4, 0.5) is 8.78 Å². The van der Waals surface area contributed by atoms with Crippen LogP contribution in [0.2, 0.25) is 0 Å². The van der Waals surface area contributed by atoms with E-state index in [0.717, 1.165) is 38.9 Å². The highest BCUT2D eigenvalue weighted by Gasteiger charge is 2.24. The first-order valence-electron chi connectivity index (χ1n) is 7.74. The normalized spacial score (nSPS) is 17.9. The van der Waals surface area contributed by atoms with Gasteiger partial charge in [-0.1, -0.05) is 20.8 Å². The van der Waals surface area contributed by atoms with E-state index in [1.54, 1.807) is 0 Å². The third-order valence-electron chi connectivity index (χ3n) is 4.31. The Balaban J connectivity index is 2.12. The van der Waals surface area contributed by atoms with E-state index >= 15 is 0 Å². The van der Waals surface area contributed by atoms with Gasteiger partial charge in [-0.05, 0) is 74.0 Å². The second-order valence-electron chi connectivity index (χ2n) is 6.17. The van der Waals surface area contributed by atoms with Crippen molar-refractivity contribution in [2.45, 2.75) is 51.9 Å². The molecular formula is C17H25F2N. The van der Waals surface area contributed by atoms with E-state index in [0.29, 0.717) is 11.1 Å². The zero-order valence-corrected chi connectivity index (χ0v) is 12.8. The largest absolute Gasteiger partial charge is 0.303 e. The van der Waals surface area contributed by atoms with E-state index in [9.17, 15) is 8.78 Å². The van der Waals surface area contributed by atoms with Crippen LogP contribution in [0.5, 0.6) is 0 Å². The molecule has 1 nitrogen and oxygen atoms in total. The molecule has 1 aromatic rings. The Morgan fingerprint density at radius 3 is 2.35 bits per heavy atom. The Morgan fingerprint density at radius 2 is 1.80 bits per heavy atom. The fourth-order valence-electron chi connectivity index (χ4n) is 3.12. The summed E-state index contributed by atoms with van der Waals surface area (Å²) in [5.74, 6) is -0.305. The molecule has 0 aliphatic carbocycles. The van der Waals surface area contributed by atoms with E-state index in [1.165, 1.54) is 12.1 Å². The molecule has 1 fully saturated rings. The Morgan fingerprint density at radius 1 is 1.15 bits per heavy atom. The molecule has 1 heterocycles. The fourth-order valence-corrected chi connectivity index (χ4v) is 3.12. The molecule has 0 aromatic heterocycles. The fraction of sp³-hybridized carbons (Fsp3) is 0.647. The SMILES string of the molecule is CCCN1CCC(c2cc(F)c(C(C)C)cc2F)CC1. The lowest BCUT2D eigenvalue weighted by Gasteiger charge is -2.32. The van der Waals surface area contributed by atoms with Gasteiger partial charge in [0.15, 0.2) is 0 Å². The zero-order valence-electron chi connectivity index (χ0n) is 12.8. The van der Waals surface area contributed by atoms with Crippen LogP contribution in [0.3, 0.4) is 0 Å². The van der Waals surface area contributed by atoms with Gasteiger partial charge in [0.25, 0.3) is 0 Å². The Hall–Kier alpha value is -0.960. The Bertz CT molecular complexity index is 449. The van der Waals surface area contributed by atoms with Crippen molar-refractivity contribution in [2.75, 3.05) is 19.6 Å². The van der Waals surface area contributed by atoms with E-state index < -0.39 is 0 Å². The number of hydrogen-bond acceptors (Lipinski definition) is 1. The molecule has 0 N–H and O–H groups in total. The van der Waals surface area contributed by atoms with Crippen LogP contribution in [0, 0.1) is 11.6 Å². The average molecular weight is 281 g/mol. The molecule has 1 aliphatic heterocycles. The molecule has 0 radical (unpaired) electrons. The van der Waals surface area contributed by atoms with Gasteiger partial charge >= 0.3 is 0 Å². The molecule has 0 amide bonds. The number of benzene rings is 1. The first-order valence-corrected chi connectivity index (χ1v) is 7.74. The molecule has 112 valence electrons. The summed E-state index contributed by atoms with van der Waals surface area (Å²) >= 11 is 0. The maximum Gasteiger partial charge on any atom is 0.127 e. The summed E-state index contributed by atoms with van der Waals surface area (Å²) in [7, 11) is 0. The third-order valence-corrected chi connectivity index (χ3v) is 4.31. The number of likely N-dealkylation sites (tertiary alicyclic amines) is 1. The summed E-state index contributed by atoms with van der Waals surface area (Å²) < 4.78 is 28.3. The van der Waals surface area contributed by atoms with Gasteiger partial charge in [-0.3, -0.25) is 0 Å². The van der Waals surface area contributed by atoms with Crippen LogP contribution in [0.1, 0.15) is 63.0 Å². The van der Waals surface area contributed by atoms with Crippen LogP contribution in [-0.2, 0) is 0 Å². The summed E-state index contributed by atoms with van der Waals surface area (Å²) in [5, 5.41) is 0. The minimum absolute atomic E-state index is 0.0185. The van der Waals surface area contributed by atoms with Crippen LogP contribution >= 0.6 is 0 Å². The van der Waals surface area contributed by atoms with Crippen molar-refractivity contribution < 1.29 is 8.78 Å². The number of halogens is 2. The summed E-state index contributed by atoms with van der Waals surface area (Å²) in [6.07, 6.45) is 3.01. The molecule has 1 aromatic carbocycles. The van der Waals surface area contributed by atoms with Gasteiger partial charge in [0.05, 0.1) is 0 Å². The predicted octanol–water partition coefficient (Wildman–Crippen LogP) is 4.68. The minimum atomic E-state index is -0.257. The van der Waals surface area contributed by atoms with Crippen LogP contribution in [0.25, 0.3) is 0 Å². The maximum absolute atomic E-state index is 14.2. The quantitative estimate of drug-likeness (QED) is 0.774. The molecule has 0 atom stereocenters. The number of hydrogen-bond donors (Lipinski definition) is 0. The summed E-state index contributed by atoms with van der Waals surface area (Å²) in [6.45, 7) is 9.04. The first kappa shape index (κ1) is 15.4. The van der Waals surface area contributed by atoms with Gasteiger partial charge in [-0.15, -0.1) is 0 Å². The van der Waals surface area contributed by atoms with E-state index in [-0.39, 0.29) is 23.5 Å². The highest BCUT2D eigenvalue weighted by molar-refractivity contribution is 5.30. The summed E-state index contributed by atoms with van der Waals surface area (Å²) in [4.78, 5) is 2.41. The number of rotatable bonds is 4. The van der Waals surface area contributed by atoms with Gasteiger partial charge in [0.2, 0.25) is 0 Å². The van der Waals surface area contributed by atoms with Gasteiger partial charge in [-0.2, -0.15) is 0 Å². The van der Waals surface area contributed by atoms with Gasteiger partial charge < -0.3 is 4.90 Å². The lowest BCUT2D eigenvalue weighted by Crippen LogP contribution is -2.33. The van der Waals surface area contributed by atoms with Crippen molar-refractivity contribution in [3.8, 4) is 0 Å². The molecule has 0 spiro atoms. The Labute approximate surface area is 121 Å². The second kappa shape index (κ2) is 6.66. The van der Waals surface area contributed by atoms with Crippen molar-refractivity contribution >= 4 is 0 Å². The first-order chi connectivity index (χ1) is 9.52. The molecule has 0 saturated carbocycles. The number of piperidine rings is 1. The zero-order chi connectivity index (χ0) is 14.7. The standard InChI is InChI=1S/C17H25F2N/c1-4-7-20-8-5-13(6-9-20)15-11-16(18)14(12(2)3)10-17(15)19/h10-13H,4-9H2,1-3H3. The van der Waals surface area contributed by atoms with E-state index in [1.807, 2.05) is 13.8 Å². The van der Waals surface area contributed by atoms with Gasteiger partial charge in [-0.25, -0.2) is 8.78 Å². The van der Waals surface area contributed by atoms with Crippen molar-refractivity contribution in [2.24, 2.45) is 0 Å². The van der Waals surface area contributed by atoms with Crippen molar-refractivity contribution in [3.05, 3.63) is 34.9 Å². The lowest BCUT2D eigenvalue weighted by molar-refractivity contribution is 0.211. The van der Waals surface area contributed by atoms with Gasteiger partial charge in [0.1, 0.15) is 11.6 Å². The van der Waals surface area contributed by atoms with E-state index in [4.69, 9.17) is 0 Å². The molecule has 20 heavy (non-hydrogen) atoms. The monoisotopic (exact) mass is 281 g/mol. The minimum Gasteiger partial charge on any atom is -0.303 e. The maximum atomic E-state index is 14.2. The molecule has 0 bridgehead atoms. The van der Waals surface area contributed by atoms with Crippen molar-refractivity contribution in [3.63, 3.8) is 0 Å². The van der Waals surface area contributed by atoms with E-state index in [2.05, 4.69) is 11.8 Å². The lowest BCUT2D eigenvalue weighted by atomic mass is 9.87. The Kier molecular flexibility index (Phi) is 5.14.